The first-order valence-electron chi connectivity index (χ1n) is 11.3. The van der Waals surface area contributed by atoms with Gasteiger partial charge in [0.15, 0.2) is 0 Å². The molecule has 2 aromatic carbocycles. The van der Waals surface area contributed by atoms with Crippen molar-refractivity contribution in [3.05, 3.63) is 66.4 Å². The first kappa shape index (κ1) is 22.1. The molecule has 0 atom stereocenters. The van der Waals surface area contributed by atoms with Gasteiger partial charge in [0.25, 0.3) is 5.91 Å². The van der Waals surface area contributed by atoms with Crippen LogP contribution in [0.15, 0.2) is 60.8 Å². The van der Waals surface area contributed by atoms with E-state index in [1.807, 2.05) is 60.8 Å². The van der Waals surface area contributed by atoms with E-state index in [2.05, 4.69) is 24.3 Å². The number of carbonyl (C=O) groups is 1. The molecule has 0 radical (unpaired) electrons. The van der Waals surface area contributed by atoms with Crippen LogP contribution in [0.25, 0.3) is 16.9 Å². The molecule has 0 spiro atoms. The highest BCUT2D eigenvalue weighted by molar-refractivity contribution is 6.00. The van der Waals surface area contributed by atoms with Crippen LogP contribution in [0.1, 0.15) is 42.5 Å². The molecular weight excluding hydrogens is 400 g/mol. The van der Waals surface area contributed by atoms with Crippen molar-refractivity contribution < 1.29 is 9.53 Å². The van der Waals surface area contributed by atoms with Crippen LogP contribution in [0, 0.1) is 0 Å². The SMILES string of the molecule is COc1ccccc1-c1nn(-c2ccccc2)cc1C(=O)NCC1(N(C)C)CCCCC1. The number of benzene rings is 2. The Morgan fingerprint density at radius 1 is 1.06 bits per heavy atom. The molecule has 1 N–H and O–H groups in total. The molecule has 6 nitrogen and oxygen atoms in total. The Balaban J connectivity index is 1.68. The van der Waals surface area contributed by atoms with E-state index in [0.29, 0.717) is 23.6 Å². The third-order valence-corrected chi connectivity index (χ3v) is 6.65. The van der Waals surface area contributed by atoms with Crippen LogP contribution in [0.5, 0.6) is 5.75 Å². The van der Waals surface area contributed by atoms with Crippen molar-refractivity contribution in [1.29, 1.82) is 0 Å². The quantitative estimate of drug-likeness (QED) is 0.595. The fourth-order valence-electron chi connectivity index (χ4n) is 4.62. The minimum atomic E-state index is -0.111. The van der Waals surface area contributed by atoms with Gasteiger partial charge in [-0.05, 0) is 51.2 Å². The fraction of sp³-hybridized carbons (Fsp3) is 0.385. The van der Waals surface area contributed by atoms with Crippen LogP contribution >= 0.6 is 0 Å². The van der Waals surface area contributed by atoms with E-state index in [4.69, 9.17) is 9.84 Å². The van der Waals surface area contributed by atoms with Gasteiger partial charge >= 0.3 is 0 Å². The van der Waals surface area contributed by atoms with Crippen molar-refractivity contribution in [3.63, 3.8) is 0 Å². The highest BCUT2D eigenvalue weighted by atomic mass is 16.5. The summed E-state index contributed by atoms with van der Waals surface area (Å²) >= 11 is 0. The van der Waals surface area contributed by atoms with Crippen LogP contribution in [0.2, 0.25) is 0 Å². The molecule has 0 saturated heterocycles. The predicted octanol–water partition coefficient (Wildman–Crippen LogP) is 4.54. The second kappa shape index (κ2) is 9.57. The number of methoxy groups -OCH3 is 1. The Kier molecular flexibility index (Phi) is 6.61. The van der Waals surface area contributed by atoms with Crippen molar-refractivity contribution in [3.8, 4) is 22.7 Å². The Morgan fingerprint density at radius 3 is 2.44 bits per heavy atom. The zero-order chi connectivity index (χ0) is 22.6. The number of hydrogen-bond acceptors (Lipinski definition) is 4. The second-order valence-electron chi connectivity index (χ2n) is 8.73. The van der Waals surface area contributed by atoms with Gasteiger partial charge in [-0.3, -0.25) is 4.79 Å². The van der Waals surface area contributed by atoms with Crippen LogP contribution in [0.3, 0.4) is 0 Å². The van der Waals surface area contributed by atoms with Gasteiger partial charge in [-0.15, -0.1) is 0 Å². The number of nitrogens with zero attached hydrogens (tertiary/aromatic N) is 3. The number of ether oxygens (including phenoxy) is 1. The van der Waals surface area contributed by atoms with E-state index in [1.165, 1.54) is 19.3 Å². The fourth-order valence-corrected chi connectivity index (χ4v) is 4.62. The predicted molar refractivity (Wildman–Crippen MR) is 127 cm³/mol. The molecule has 1 aliphatic carbocycles. The topological polar surface area (TPSA) is 59.4 Å². The van der Waals surface area contributed by atoms with E-state index in [0.717, 1.165) is 24.1 Å². The standard InChI is InChI=1S/C26H32N4O2/c1-29(2)26(16-10-5-11-17-26)19-27-25(31)22-18-30(20-12-6-4-7-13-20)28-24(22)21-14-8-9-15-23(21)32-3/h4,6-9,12-15,18H,5,10-11,16-17,19H2,1-3H3,(H,27,31). The Bertz CT molecular complexity index is 1050. The summed E-state index contributed by atoms with van der Waals surface area (Å²) in [6, 6.07) is 17.5. The molecule has 1 aromatic heterocycles. The summed E-state index contributed by atoms with van der Waals surface area (Å²) in [5.41, 5.74) is 2.87. The number of nitrogens with one attached hydrogen (secondary N) is 1. The van der Waals surface area contributed by atoms with Crippen molar-refractivity contribution >= 4 is 5.91 Å². The van der Waals surface area contributed by atoms with Gasteiger partial charge in [0.2, 0.25) is 0 Å². The summed E-state index contributed by atoms with van der Waals surface area (Å²) in [7, 11) is 5.87. The third kappa shape index (κ3) is 4.41. The molecule has 0 aliphatic heterocycles. The number of likely N-dealkylation sites (N-methyl/N-ethyl adjacent to an activating group) is 1. The molecule has 0 unspecified atom stereocenters. The van der Waals surface area contributed by atoms with Gasteiger partial charge in [0.05, 0.1) is 18.4 Å². The summed E-state index contributed by atoms with van der Waals surface area (Å²) in [4.78, 5) is 15.7. The normalized spacial score (nSPS) is 15.5. The van der Waals surface area contributed by atoms with E-state index < -0.39 is 0 Å². The molecule has 1 fully saturated rings. The Hall–Kier alpha value is -3.12. The van der Waals surface area contributed by atoms with Gasteiger partial charge in [-0.25, -0.2) is 4.68 Å². The minimum absolute atomic E-state index is 0.00787. The van der Waals surface area contributed by atoms with Crippen molar-refractivity contribution in [1.82, 2.24) is 20.0 Å². The summed E-state index contributed by atoms with van der Waals surface area (Å²) < 4.78 is 7.33. The number of hydrogen-bond donors (Lipinski definition) is 1. The number of amides is 1. The summed E-state index contributed by atoms with van der Waals surface area (Å²) in [6.07, 6.45) is 7.69. The lowest BCUT2D eigenvalue weighted by Crippen LogP contribution is -2.53. The Labute approximate surface area is 190 Å². The van der Waals surface area contributed by atoms with E-state index in [1.54, 1.807) is 11.8 Å². The summed E-state index contributed by atoms with van der Waals surface area (Å²) in [5, 5.41) is 8.02. The van der Waals surface area contributed by atoms with Crippen LogP contribution in [-0.4, -0.2) is 53.9 Å². The van der Waals surface area contributed by atoms with Gasteiger partial charge < -0.3 is 15.0 Å². The largest absolute Gasteiger partial charge is 0.496 e. The lowest BCUT2D eigenvalue weighted by molar-refractivity contribution is 0.0800. The van der Waals surface area contributed by atoms with Crippen LogP contribution in [0.4, 0.5) is 0 Å². The van der Waals surface area contributed by atoms with Crippen molar-refractivity contribution in [2.24, 2.45) is 0 Å². The molecule has 1 saturated carbocycles. The molecule has 168 valence electrons. The minimum Gasteiger partial charge on any atom is -0.496 e. The third-order valence-electron chi connectivity index (χ3n) is 6.65. The lowest BCUT2D eigenvalue weighted by atomic mass is 9.80. The van der Waals surface area contributed by atoms with E-state index >= 15 is 0 Å². The highest BCUT2D eigenvalue weighted by Gasteiger charge is 2.35. The molecule has 0 bridgehead atoms. The summed E-state index contributed by atoms with van der Waals surface area (Å²) in [5.74, 6) is 0.580. The zero-order valence-corrected chi connectivity index (χ0v) is 19.2. The number of para-hydroxylation sites is 2. The molecule has 32 heavy (non-hydrogen) atoms. The molecular formula is C26H32N4O2. The smallest absolute Gasteiger partial charge is 0.255 e. The number of rotatable bonds is 7. The van der Waals surface area contributed by atoms with Crippen LogP contribution < -0.4 is 10.1 Å². The number of aromatic nitrogens is 2. The van der Waals surface area contributed by atoms with E-state index in [9.17, 15) is 4.79 Å². The molecule has 1 amide bonds. The van der Waals surface area contributed by atoms with Gasteiger partial charge in [0, 0.05) is 23.8 Å². The number of carbonyl (C=O) groups excluding carboxylic acids is 1. The monoisotopic (exact) mass is 432 g/mol. The highest BCUT2D eigenvalue weighted by Crippen LogP contribution is 2.33. The first-order valence-corrected chi connectivity index (χ1v) is 11.3. The van der Waals surface area contributed by atoms with Crippen LogP contribution in [-0.2, 0) is 0 Å². The van der Waals surface area contributed by atoms with Crippen molar-refractivity contribution in [2.45, 2.75) is 37.6 Å². The first-order chi connectivity index (χ1) is 15.5. The molecule has 3 aromatic rings. The van der Waals surface area contributed by atoms with Crippen molar-refractivity contribution in [2.75, 3.05) is 27.7 Å². The van der Waals surface area contributed by atoms with Gasteiger partial charge in [-0.2, -0.15) is 5.10 Å². The van der Waals surface area contributed by atoms with Gasteiger partial charge in [-0.1, -0.05) is 49.6 Å². The lowest BCUT2D eigenvalue weighted by Gasteiger charge is -2.43. The second-order valence-corrected chi connectivity index (χ2v) is 8.73. The molecule has 1 heterocycles. The average Bonchev–Trinajstić information content (AvgIpc) is 3.29. The molecule has 4 rings (SSSR count). The molecule has 1 aliphatic rings. The Morgan fingerprint density at radius 2 is 1.75 bits per heavy atom. The molecule has 6 heteroatoms. The zero-order valence-electron chi connectivity index (χ0n) is 19.2. The van der Waals surface area contributed by atoms with E-state index in [-0.39, 0.29) is 11.4 Å². The van der Waals surface area contributed by atoms with Gasteiger partial charge in [0.1, 0.15) is 11.4 Å². The maximum Gasteiger partial charge on any atom is 0.255 e. The maximum absolute atomic E-state index is 13.5. The maximum atomic E-state index is 13.5. The average molecular weight is 433 g/mol. The summed E-state index contributed by atoms with van der Waals surface area (Å²) in [6.45, 7) is 0.626.